The quantitative estimate of drug-likeness (QED) is 0.0507. The summed E-state index contributed by atoms with van der Waals surface area (Å²) in [4.78, 5) is 37.4. The Morgan fingerprint density at radius 1 is 0.365 bits per heavy atom. The molecule has 85 heavy (non-hydrogen) atoms. The van der Waals surface area contributed by atoms with Crippen LogP contribution in [0.2, 0.25) is 0 Å². The minimum Gasteiger partial charge on any atom is -0.394 e. The third-order valence-electron chi connectivity index (χ3n) is 15.6. The smallest absolute Gasteiger partial charge is 0.217 e. The second-order valence-corrected chi connectivity index (χ2v) is 21.7. The van der Waals surface area contributed by atoms with Crippen LogP contribution in [0.3, 0.4) is 0 Å². The maximum absolute atomic E-state index is 12.7. The van der Waals surface area contributed by atoms with Crippen LogP contribution in [0.1, 0.15) is 27.7 Å². The van der Waals surface area contributed by atoms with E-state index in [4.69, 9.17) is 61.6 Å². The Labute approximate surface area is 483 Å². The second-order valence-electron chi connectivity index (χ2n) is 21.7. The molecular formula is C48H81N3O34. The molecule has 0 radical (unpaired) electrons. The largest absolute Gasteiger partial charge is 0.394 e. The lowest BCUT2D eigenvalue weighted by Crippen LogP contribution is -2.69. The Kier molecular flexibility index (Phi) is 24.8. The molecular weight excluding hydrogens is 1160 g/mol. The van der Waals surface area contributed by atoms with Crippen molar-refractivity contribution < 1.29 is 168 Å². The number of carbonyl (C=O) groups excluding carboxylic acids is 3. The summed E-state index contributed by atoms with van der Waals surface area (Å²) in [7, 11) is 0. The molecule has 492 valence electrons. The third kappa shape index (κ3) is 15.7. The lowest BCUT2D eigenvalue weighted by Gasteiger charge is -2.49. The van der Waals surface area contributed by atoms with E-state index in [-0.39, 0.29) is 6.61 Å². The predicted octanol–water partition coefficient (Wildman–Crippen LogP) is -14.1. The van der Waals surface area contributed by atoms with E-state index in [1.54, 1.807) is 0 Å². The fourth-order valence-electron chi connectivity index (χ4n) is 10.9. The minimum absolute atomic E-state index is 0.337. The Bertz CT molecular complexity index is 2130. The molecule has 0 spiro atoms. The number of carbonyl (C=O) groups is 3. The van der Waals surface area contributed by atoms with Crippen molar-refractivity contribution >= 4 is 17.7 Å². The summed E-state index contributed by atoms with van der Waals surface area (Å²) in [5.74, 6) is -2.25. The highest BCUT2D eigenvalue weighted by atomic mass is 16.8. The summed E-state index contributed by atoms with van der Waals surface area (Å²) < 4.78 is 75.7. The van der Waals surface area contributed by atoms with E-state index >= 15 is 0 Å². The first-order chi connectivity index (χ1) is 40.1. The molecule has 0 unspecified atom stereocenters. The zero-order chi connectivity index (χ0) is 62.6. The number of hydrogen-bond acceptors (Lipinski definition) is 34. The van der Waals surface area contributed by atoms with Gasteiger partial charge < -0.3 is 169 Å². The molecule has 0 aromatic carbocycles. The standard InChI is InChI=1S/C48H81N3O34/c1-12-25(59)32(66)36(70)45(76-12)74-11-22-41(26(60)16(9-73-22)49-13(2)56)82-43-23(50-14(3)57)30(64)40(19(7-54)79-43)84-47-38(72)34(68)29(63)21(81-47)10-75-48-42(35(69)28(62)18(6-53)78-48)85-44-24(51-15(4)58)31(65)39(20(8-55)80-44)83-46-37(71)33(67)27(61)17(5-52)77-46/h12,16-48,52-55,59-72H,5-11H2,1-4H3,(H,49,56)(H,50,57)(H,51,58)/t12-,16-,17+,18+,19+,20+,21+,22+,23+,24+,25+,26+,27-,28+,29+,30+,31+,32+,33-,34-,35-,36-,37+,38-,39+,40+,41+,42-,43+,44-,45-,46-,47-,48-/m0/s1. The van der Waals surface area contributed by atoms with Gasteiger partial charge in [-0.15, -0.1) is 0 Å². The highest BCUT2D eigenvalue weighted by Crippen LogP contribution is 2.36. The van der Waals surface area contributed by atoms with E-state index in [1.165, 1.54) is 6.92 Å². The number of hydrogen-bond donors (Lipinski definition) is 21. The summed E-state index contributed by atoms with van der Waals surface area (Å²) in [6, 6.07) is -4.62. The second kappa shape index (κ2) is 30.3. The SMILES string of the molecule is CC(=O)N[C@H]1[C@@H](O[C@H]2[C@H](O)[C@@H](NC(C)=O)CO[C@@H]2CO[C@H]2O[C@@H](C)[C@@H](O)[C@@H](O)[C@@H]2O)O[C@H](CO)[C@@H](O[C@@H]2O[C@H](CO[C@H]3O[C@H](CO)[C@@H](O)[C@H](O)[C@@H]3O[C@@H]3O[C@H](CO)[C@@H](O[C@@H]4O[C@H](CO)[C@H](O)[C@H](O)[C@H]4O)[C@H](O)[C@H]3NC(C)=O)[C@@H](O)[C@H](O)[C@@H]2O)[C@@H]1O. The summed E-state index contributed by atoms with van der Waals surface area (Å²) in [5.41, 5.74) is 0. The molecule has 0 bridgehead atoms. The first-order valence-electron chi connectivity index (χ1n) is 27.3. The molecule has 7 aliphatic rings. The van der Waals surface area contributed by atoms with Crippen LogP contribution in [0.4, 0.5) is 0 Å². The summed E-state index contributed by atoms with van der Waals surface area (Å²) in [5, 5.41) is 202. The minimum atomic E-state index is -2.18. The summed E-state index contributed by atoms with van der Waals surface area (Å²) in [6.45, 7) is -1.10. The molecule has 7 saturated heterocycles. The molecule has 7 fully saturated rings. The van der Waals surface area contributed by atoms with Crippen LogP contribution in [-0.4, -0.2) is 364 Å². The summed E-state index contributed by atoms with van der Waals surface area (Å²) in [6.07, 6.45) is -56.1. The number of rotatable bonds is 21. The fraction of sp³-hybridized carbons (Fsp3) is 0.938. The molecule has 21 N–H and O–H groups in total. The van der Waals surface area contributed by atoms with Crippen LogP contribution < -0.4 is 16.0 Å². The van der Waals surface area contributed by atoms with Gasteiger partial charge in [-0.2, -0.15) is 0 Å². The number of ether oxygens (including phenoxy) is 13. The first kappa shape index (κ1) is 69.6. The van der Waals surface area contributed by atoms with Crippen LogP contribution in [-0.2, 0) is 76.0 Å². The van der Waals surface area contributed by atoms with Crippen molar-refractivity contribution in [1.29, 1.82) is 0 Å². The highest BCUT2D eigenvalue weighted by molar-refractivity contribution is 5.74. The number of nitrogens with one attached hydrogen (secondary N) is 3. The topological polar surface area (TPSA) is 571 Å². The van der Waals surface area contributed by atoms with E-state index in [1.807, 2.05) is 0 Å². The van der Waals surface area contributed by atoms with Gasteiger partial charge in [0.25, 0.3) is 0 Å². The van der Waals surface area contributed by atoms with Gasteiger partial charge in [0.05, 0.1) is 58.4 Å². The van der Waals surface area contributed by atoms with Gasteiger partial charge >= 0.3 is 0 Å². The van der Waals surface area contributed by atoms with Crippen LogP contribution in [0.25, 0.3) is 0 Å². The van der Waals surface area contributed by atoms with Crippen molar-refractivity contribution in [3.8, 4) is 0 Å². The molecule has 0 aromatic heterocycles. The normalized spacial score (nSPS) is 48.9. The maximum atomic E-state index is 12.7. The van der Waals surface area contributed by atoms with E-state index in [0.717, 1.165) is 20.8 Å². The molecule has 7 rings (SSSR count). The van der Waals surface area contributed by atoms with Crippen molar-refractivity contribution in [3.05, 3.63) is 0 Å². The molecule has 0 aliphatic carbocycles. The van der Waals surface area contributed by atoms with Crippen molar-refractivity contribution in [2.75, 3.05) is 46.2 Å². The van der Waals surface area contributed by atoms with Gasteiger partial charge in [-0.05, 0) is 6.92 Å². The van der Waals surface area contributed by atoms with Crippen LogP contribution in [0, 0.1) is 0 Å². The monoisotopic (exact) mass is 1240 g/mol. The van der Waals surface area contributed by atoms with Crippen molar-refractivity contribution in [1.82, 2.24) is 16.0 Å². The van der Waals surface area contributed by atoms with E-state index in [9.17, 15) is 106 Å². The average molecular weight is 1240 g/mol. The lowest BCUT2D eigenvalue weighted by molar-refractivity contribution is -0.379. The number of amides is 3. The summed E-state index contributed by atoms with van der Waals surface area (Å²) >= 11 is 0. The van der Waals surface area contributed by atoms with Crippen molar-refractivity contribution in [2.45, 2.75) is 236 Å². The zero-order valence-electron chi connectivity index (χ0n) is 46.2. The van der Waals surface area contributed by atoms with Crippen molar-refractivity contribution in [3.63, 3.8) is 0 Å². The van der Waals surface area contributed by atoms with Gasteiger partial charge in [0.15, 0.2) is 37.7 Å². The lowest BCUT2D eigenvalue weighted by atomic mass is 9.94. The van der Waals surface area contributed by atoms with Gasteiger partial charge in [-0.25, -0.2) is 0 Å². The van der Waals surface area contributed by atoms with Crippen LogP contribution >= 0.6 is 0 Å². The van der Waals surface area contributed by atoms with E-state index in [0.29, 0.717) is 0 Å². The first-order valence-corrected chi connectivity index (χ1v) is 27.3. The Morgan fingerprint density at radius 2 is 0.729 bits per heavy atom. The Morgan fingerprint density at radius 3 is 1.21 bits per heavy atom. The molecule has 0 aromatic rings. The van der Waals surface area contributed by atoms with Crippen LogP contribution in [0.5, 0.6) is 0 Å². The third-order valence-corrected chi connectivity index (χ3v) is 15.6. The van der Waals surface area contributed by atoms with Gasteiger partial charge in [-0.1, -0.05) is 0 Å². The highest BCUT2D eigenvalue weighted by Gasteiger charge is 2.57. The fourth-order valence-corrected chi connectivity index (χ4v) is 10.9. The molecule has 37 nitrogen and oxygen atoms in total. The molecule has 7 heterocycles. The molecule has 3 amide bonds. The number of aliphatic hydroxyl groups is 18. The van der Waals surface area contributed by atoms with E-state index in [2.05, 4.69) is 16.0 Å². The van der Waals surface area contributed by atoms with Gasteiger partial charge in [0.2, 0.25) is 17.7 Å². The maximum Gasteiger partial charge on any atom is 0.217 e. The molecule has 34 atom stereocenters. The van der Waals surface area contributed by atoms with Gasteiger partial charge in [-0.3, -0.25) is 14.4 Å². The molecule has 0 saturated carbocycles. The molecule has 37 heteroatoms. The van der Waals surface area contributed by atoms with E-state index < -0.39 is 266 Å². The Hall–Kier alpha value is -2.83. The Balaban J connectivity index is 1.07. The zero-order valence-corrected chi connectivity index (χ0v) is 46.2. The predicted molar refractivity (Wildman–Crippen MR) is 264 cm³/mol. The molecule has 7 aliphatic heterocycles. The number of aliphatic hydroxyl groups excluding tert-OH is 18. The van der Waals surface area contributed by atoms with Gasteiger partial charge in [0, 0.05) is 20.8 Å². The van der Waals surface area contributed by atoms with Crippen LogP contribution in [0.15, 0.2) is 0 Å². The van der Waals surface area contributed by atoms with Gasteiger partial charge in [0.1, 0.15) is 159 Å². The van der Waals surface area contributed by atoms with Crippen molar-refractivity contribution in [2.24, 2.45) is 0 Å². The average Bonchev–Trinajstić information content (AvgIpc) is 2.58.